The molecule has 0 heterocycles. The van der Waals surface area contributed by atoms with Crippen molar-refractivity contribution < 1.29 is 9.47 Å². The summed E-state index contributed by atoms with van der Waals surface area (Å²) in [5, 5.41) is 0. The van der Waals surface area contributed by atoms with Gasteiger partial charge in [-0.05, 0) is 19.1 Å². The van der Waals surface area contributed by atoms with E-state index in [1.165, 1.54) is 0 Å². The molecule has 0 amide bonds. The molecular formula is C10H15NO2. The number of para-hydroxylation sites is 2. The molecule has 0 radical (unpaired) electrons. The van der Waals surface area contributed by atoms with Crippen molar-refractivity contribution in [1.82, 2.24) is 0 Å². The Kier molecular flexibility index (Phi) is 3.58. The smallest absolute Gasteiger partial charge is 0.161 e. The van der Waals surface area contributed by atoms with Crippen molar-refractivity contribution in [3.05, 3.63) is 24.3 Å². The van der Waals surface area contributed by atoms with Gasteiger partial charge in [-0.1, -0.05) is 12.1 Å². The Hall–Kier alpha value is -1.22. The highest BCUT2D eigenvalue weighted by Crippen LogP contribution is 2.25. The quantitative estimate of drug-likeness (QED) is 0.764. The van der Waals surface area contributed by atoms with E-state index in [9.17, 15) is 0 Å². The molecule has 3 nitrogen and oxygen atoms in total. The van der Waals surface area contributed by atoms with Gasteiger partial charge in [0, 0.05) is 6.04 Å². The molecule has 0 aliphatic carbocycles. The number of rotatable bonds is 4. The van der Waals surface area contributed by atoms with Crippen molar-refractivity contribution >= 4 is 0 Å². The van der Waals surface area contributed by atoms with Crippen LogP contribution < -0.4 is 15.2 Å². The number of nitrogens with two attached hydrogens (primary N) is 1. The maximum Gasteiger partial charge on any atom is 0.161 e. The van der Waals surface area contributed by atoms with Gasteiger partial charge in [-0.15, -0.1) is 0 Å². The van der Waals surface area contributed by atoms with Crippen LogP contribution in [-0.4, -0.2) is 19.8 Å². The van der Waals surface area contributed by atoms with Gasteiger partial charge in [0.1, 0.15) is 6.61 Å². The first-order valence-electron chi connectivity index (χ1n) is 4.25. The van der Waals surface area contributed by atoms with E-state index >= 15 is 0 Å². The lowest BCUT2D eigenvalue weighted by Gasteiger charge is -2.11. The zero-order valence-electron chi connectivity index (χ0n) is 7.99. The van der Waals surface area contributed by atoms with Crippen LogP contribution in [0.4, 0.5) is 0 Å². The van der Waals surface area contributed by atoms with Gasteiger partial charge in [0.2, 0.25) is 0 Å². The largest absolute Gasteiger partial charge is 0.493 e. The summed E-state index contributed by atoms with van der Waals surface area (Å²) >= 11 is 0. The molecule has 0 aliphatic heterocycles. The Morgan fingerprint density at radius 3 is 2.46 bits per heavy atom. The lowest BCUT2D eigenvalue weighted by Crippen LogP contribution is -2.23. The summed E-state index contributed by atoms with van der Waals surface area (Å²) in [6.45, 7) is 2.40. The minimum atomic E-state index is 0.0323. The molecule has 0 fully saturated rings. The van der Waals surface area contributed by atoms with Crippen LogP contribution >= 0.6 is 0 Å². The average Bonchev–Trinajstić information content (AvgIpc) is 2.15. The van der Waals surface area contributed by atoms with Gasteiger partial charge in [-0.2, -0.15) is 0 Å². The highest BCUT2D eigenvalue weighted by Gasteiger charge is 2.02. The minimum absolute atomic E-state index is 0.0323. The number of methoxy groups -OCH3 is 1. The lowest BCUT2D eigenvalue weighted by molar-refractivity contribution is 0.278. The van der Waals surface area contributed by atoms with Gasteiger partial charge in [0.15, 0.2) is 11.5 Å². The first kappa shape index (κ1) is 9.86. The molecule has 13 heavy (non-hydrogen) atoms. The minimum Gasteiger partial charge on any atom is -0.493 e. The van der Waals surface area contributed by atoms with Gasteiger partial charge in [-0.3, -0.25) is 0 Å². The Morgan fingerprint density at radius 2 is 1.92 bits per heavy atom. The van der Waals surface area contributed by atoms with Gasteiger partial charge in [-0.25, -0.2) is 0 Å². The van der Waals surface area contributed by atoms with Crippen molar-refractivity contribution in [3.8, 4) is 11.5 Å². The molecule has 3 heteroatoms. The Morgan fingerprint density at radius 1 is 1.31 bits per heavy atom. The molecule has 1 aromatic rings. The normalized spacial score (nSPS) is 12.2. The van der Waals surface area contributed by atoms with Crippen molar-refractivity contribution in [1.29, 1.82) is 0 Å². The van der Waals surface area contributed by atoms with E-state index in [2.05, 4.69) is 0 Å². The molecular weight excluding hydrogens is 166 g/mol. The van der Waals surface area contributed by atoms with Crippen LogP contribution in [0.1, 0.15) is 6.92 Å². The summed E-state index contributed by atoms with van der Waals surface area (Å²) in [6, 6.07) is 7.55. The number of hydrogen-bond donors (Lipinski definition) is 1. The zero-order valence-corrected chi connectivity index (χ0v) is 7.99. The van der Waals surface area contributed by atoms with Crippen LogP contribution in [0.3, 0.4) is 0 Å². The molecule has 0 aliphatic rings. The average molecular weight is 181 g/mol. The van der Waals surface area contributed by atoms with Crippen LogP contribution in [0.2, 0.25) is 0 Å². The molecule has 1 aromatic carbocycles. The first-order chi connectivity index (χ1) is 6.24. The second-order valence-electron chi connectivity index (χ2n) is 2.94. The van der Waals surface area contributed by atoms with Gasteiger partial charge in [0.05, 0.1) is 7.11 Å². The molecule has 1 rings (SSSR count). The molecule has 0 aromatic heterocycles. The second kappa shape index (κ2) is 4.72. The van der Waals surface area contributed by atoms with E-state index < -0.39 is 0 Å². The summed E-state index contributed by atoms with van der Waals surface area (Å²) in [6.07, 6.45) is 0. The third-order valence-corrected chi connectivity index (χ3v) is 1.57. The van der Waals surface area contributed by atoms with Gasteiger partial charge >= 0.3 is 0 Å². The molecule has 0 saturated heterocycles. The van der Waals surface area contributed by atoms with Crippen molar-refractivity contribution in [2.75, 3.05) is 13.7 Å². The Balaban J connectivity index is 2.64. The topological polar surface area (TPSA) is 44.5 Å². The predicted molar refractivity (Wildman–Crippen MR) is 52.1 cm³/mol. The summed E-state index contributed by atoms with van der Waals surface area (Å²) in [5.74, 6) is 1.48. The van der Waals surface area contributed by atoms with E-state index in [1.54, 1.807) is 7.11 Å². The fourth-order valence-corrected chi connectivity index (χ4v) is 0.959. The molecule has 0 saturated carbocycles. The molecule has 2 N–H and O–H groups in total. The van der Waals surface area contributed by atoms with E-state index in [1.807, 2.05) is 31.2 Å². The fourth-order valence-electron chi connectivity index (χ4n) is 0.959. The Bertz CT molecular complexity index is 261. The third kappa shape index (κ3) is 2.95. The van der Waals surface area contributed by atoms with Crippen molar-refractivity contribution in [2.45, 2.75) is 13.0 Å². The maximum absolute atomic E-state index is 5.57. The fraction of sp³-hybridized carbons (Fsp3) is 0.400. The third-order valence-electron chi connectivity index (χ3n) is 1.57. The molecule has 72 valence electrons. The van der Waals surface area contributed by atoms with Crippen LogP contribution in [0.15, 0.2) is 24.3 Å². The van der Waals surface area contributed by atoms with Gasteiger partial charge < -0.3 is 15.2 Å². The second-order valence-corrected chi connectivity index (χ2v) is 2.94. The van der Waals surface area contributed by atoms with E-state index in [0.717, 1.165) is 11.5 Å². The van der Waals surface area contributed by atoms with Crippen LogP contribution in [0.5, 0.6) is 11.5 Å². The van der Waals surface area contributed by atoms with E-state index in [0.29, 0.717) is 6.61 Å². The lowest BCUT2D eigenvalue weighted by atomic mass is 10.3. The van der Waals surface area contributed by atoms with Crippen molar-refractivity contribution in [3.63, 3.8) is 0 Å². The molecule has 1 atom stereocenters. The van der Waals surface area contributed by atoms with E-state index in [-0.39, 0.29) is 6.04 Å². The summed E-state index contributed by atoms with van der Waals surface area (Å²) in [7, 11) is 1.62. The Labute approximate surface area is 78.5 Å². The van der Waals surface area contributed by atoms with Crippen LogP contribution in [-0.2, 0) is 0 Å². The van der Waals surface area contributed by atoms with Gasteiger partial charge in [0.25, 0.3) is 0 Å². The number of ether oxygens (including phenoxy) is 2. The van der Waals surface area contributed by atoms with Crippen LogP contribution in [0, 0.1) is 0 Å². The van der Waals surface area contributed by atoms with Crippen molar-refractivity contribution in [2.24, 2.45) is 5.73 Å². The number of benzene rings is 1. The summed E-state index contributed by atoms with van der Waals surface area (Å²) in [4.78, 5) is 0. The highest BCUT2D eigenvalue weighted by molar-refractivity contribution is 5.39. The number of hydrogen-bond acceptors (Lipinski definition) is 3. The molecule has 0 spiro atoms. The zero-order chi connectivity index (χ0) is 9.68. The monoisotopic (exact) mass is 181 g/mol. The molecule has 0 bridgehead atoms. The maximum atomic E-state index is 5.57. The predicted octanol–water partition coefficient (Wildman–Crippen LogP) is 1.42. The first-order valence-corrected chi connectivity index (χ1v) is 4.25. The molecule has 0 unspecified atom stereocenters. The highest BCUT2D eigenvalue weighted by atomic mass is 16.5. The summed E-state index contributed by atoms with van der Waals surface area (Å²) < 4.78 is 10.6. The van der Waals surface area contributed by atoms with Crippen LogP contribution in [0.25, 0.3) is 0 Å². The SMILES string of the molecule is COc1ccccc1OC[C@H](C)N. The standard InChI is InChI=1S/C10H15NO2/c1-8(11)7-13-10-6-4-3-5-9(10)12-2/h3-6,8H,7,11H2,1-2H3/t8-/m0/s1. The van der Waals surface area contributed by atoms with E-state index in [4.69, 9.17) is 15.2 Å². The summed E-state index contributed by atoms with van der Waals surface area (Å²) in [5.41, 5.74) is 5.57.